The van der Waals surface area contributed by atoms with Gasteiger partial charge in [0.2, 0.25) is 0 Å². The van der Waals surface area contributed by atoms with Crippen LogP contribution in [-0.4, -0.2) is 23.2 Å². The number of aryl methyl sites for hydroxylation is 1. The van der Waals surface area contributed by atoms with Crippen molar-refractivity contribution in [3.05, 3.63) is 64.6 Å². The molecule has 6 nitrogen and oxygen atoms in total. The molecule has 0 unspecified atom stereocenters. The normalized spacial score (nSPS) is 11.4. The van der Waals surface area contributed by atoms with Crippen LogP contribution in [0.1, 0.15) is 0 Å². The predicted octanol–water partition coefficient (Wildman–Crippen LogP) is 3.53. The highest BCUT2D eigenvalue weighted by molar-refractivity contribution is 7.94. The molecule has 1 aromatic heterocycles. The first-order valence-corrected chi connectivity index (χ1v) is 8.45. The molecule has 0 aliphatic carbocycles. The fraction of sp³-hybridized carbons (Fsp3) is 0.0667. The smallest absolute Gasteiger partial charge is 0.163 e. The van der Waals surface area contributed by atoms with Crippen LogP contribution in [-0.2, 0) is 17.1 Å². The third-order valence-corrected chi connectivity index (χ3v) is 4.72. The van der Waals surface area contributed by atoms with Crippen molar-refractivity contribution in [3.63, 3.8) is 0 Å². The molecule has 3 aromatic rings. The summed E-state index contributed by atoms with van der Waals surface area (Å²) in [6, 6.07) is 12.7. The van der Waals surface area contributed by atoms with Crippen molar-refractivity contribution in [2.45, 2.75) is 4.90 Å². The molecular weight excluding hydrogens is 336 g/mol. The maximum Gasteiger partial charge on any atom is 0.163 e. The second-order valence-electron chi connectivity index (χ2n) is 4.84. The summed E-state index contributed by atoms with van der Waals surface area (Å²) in [4.78, 5) is 0.0889. The maximum absolute atomic E-state index is 12.3. The van der Waals surface area contributed by atoms with Gasteiger partial charge in [-0.25, -0.2) is 8.42 Å². The molecule has 0 amide bonds. The molecule has 1 heterocycles. The van der Waals surface area contributed by atoms with Crippen LogP contribution in [0.4, 0.5) is 5.69 Å². The number of benzene rings is 2. The summed E-state index contributed by atoms with van der Waals surface area (Å²) in [6.07, 6.45) is 1.57. The van der Waals surface area contributed by atoms with Gasteiger partial charge in [-0.05, 0) is 24.3 Å². The van der Waals surface area contributed by atoms with Gasteiger partial charge in [-0.2, -0.15) is 0 Å². The van der Waals surface area contributed by atoms with Gasteiger partial charge in [0, 0.05) is 17.6 Å². The highest BCUT2D eigenvalue weighted by Gasteiger charge is 2.07. The molecule has 3 rings (SSSR count). The summed E-state index contributed by atoms with van der Waals surface area (Å²) in [5, 5.41) is 8.27. The van der Waals surface area contributed by atoms with E-state index in [0.29, 0.717) is 16.5 Å². The lowest BCUT2D eigenvalue weighted by molar-refractivity contribution is 0.603. The Morgan fingerprint density at radius 2 is 1.87 bits per heavy atom. The van der Waals surface area contributed by atoms with Crippen LogP contribution in [0.25, 0.3) is 16.1 Å². The van der Waals surface area contributed by atoms with Crippen LogP contribution < -0.4 is 0 Å². The zero-order valence-electron chi connectivity index (χ0n) is 12.1. The van der Waals surface area contributed by atoms with Crippen LogP contribution in [0.2, 0.25) is 5.02 Å². The number of nitrogens with zero attached hydrogens (tertiary/aromatic N) is 4. The minimum absolute atomic E-state index is 0.0889. The van der Waals surface area contributed by atoms with Crippen molar-refractivity contribution in [1.82, 2.24) is 14.8 Å². The lowest BCUT2D eigenvalue weighted by Gasteiger charge is -2.22. The zero-order valence-corrected chi connectivity index (χ0v) is 13.7. The standard InChI is InChI=1S/C15H12ClN4O2S/c1-20-10-17-18-15(20)11-3-2-4-13(9-11)19-23(21,22)14-7-5-12(16)6-8-14/h2-10H,1H3/q-1. The number of hydrogen-bond acceptors (Lipinski definition) is 4. The van der Waals surface area contributed by atoms with Crippen LogP contribution in [0.3, 0.4) is 0 Å². The van der Waals surface area contributed by atoms with E-state index in [2.05, 4.69) is 14.9 Å². The van der Waals surface area contributed by atoms with Crippen molar-refractivity contribution in [2.24, 2.45) is 7.05 Å². The highest BCUT2D eigenvalue weighted by Crippen LogP contribution is 2.31. The molecule has 0 saturated carbocycles. The van der Waals surface area contributed by atoms with Gasteiger partial charge in [0.1, 0.15) is 16.4 Å². The van der Waals surface area contributed by atoms with E-state index in [0.717, 1.165) is 5.56 Å². The molecule has 0 radical (unpaired) electrons. The lowest BCUT2D eigenvalue weighted by atomic mass is 10.2. The van der Waals surface area contributed by atoms with E-state index >= 15 is 0 Å². The second kappa shape index (κ2) is 6.02. The van der Waals surface area contributed by atoms with Gasteiger partial charge < -0.3 is 9.29 Å². The van der Waals surface area contributed by atoms with Gasteiger partial charge in [0.05, 0.1) is 4.90 Å². The second-order valence-corrected chi connectivity index (χ2v) is 6.88. The monoisotopic (exact) mass is 347 g/mol. The van der Waals surface area contributed by atoms with Crippen molar-refractivity contribution in [1.29, 1.82) is 0 Å². The molecule has 0 atom stereocenters. The Morgan fingerprint density at radius 1 is 1.13 bits per heavy atom. The van der Waals surface area contributed by atoms with Gasteiger partial charge in [-0.3, -0.25) is 0 Å². The predicted molar refractivity (Wildman–Crippen MR) is 88.1 cm³/mol. The SMILES string of the molecule is Cn1cnnc1-c1cccc([N-]S(=O)(=O)c2ccc(Cl)cc2)c1. The highest BCUT2D eigenvalue weighted by atomic mass is 35.5. The average molecular weight is 348 g/mol. The maximum atomic E-state index is 12.3. The summed E-state index contributed by atoms with van der Waals surface area (Å²) < 4.78 is 30.3. The van der Waals surface area contributed by atoms with Crippen molar-refractivity contribution < 1.29 is 8.42 Å². The van der Waals surface area contributed by atoms with E-state index in [1.807, 2.05) is 13.1 Å². The minimum Gasteiger partial charge on any atom is -0.573 e. The zero-order chi connectivity index (χ0) is 16.4. The third kappa shape index (κ3) is 3.35. The molecular formula is C15H12ClN4O2S-. The molecule has 0 saturated heterocycles. The number of rotatable bonds is 4. The Kier molecular flexibility index (Phi) is 4.06. The number of sulfonamides is 1. The first-order valence-electron chi connectivity index (χ1n) is 6.64. The van der Waals surface area contributed by atoms with Gasteiger partial charge in [0.15, 0.2) is 5.82 Å². The summed E-state index contributed by atoms with van der Waals surface area (Å²) in [6.45, 7) is 0. The molecule has 0 N–H and O–H groups in total. The lowest BCUT2D eigenvalue weighted by Crippen LogP contribution is -1.97. The Hall–Kier alpha value is -2.38. The molecule has 8 heteroatoms. The van der Waals surface area contributed by atoms with E-state index in [9.17, 15) is 8.42 Å². The summed E-state index contributed by atoms with van der Waals surface area (Å²) in [5.41, 5.74) is 1.05. The largest absolute Gasteiger partial charge is 0.573 e. The quantitative estimate of drug-likeness (QED) is 0.723. The first-order chi connectivity index (χ1) is 11.0. The Labute approximate surface area is 138 Å². The average Bonchev–Trinajstić information content (AvgIpc) is 2.94. The van der Waals surface area contributed by atoms with E-state index in [-0.39, 0.29) is 4.90 Å². The fourth-order valence-corrected chi connectivity index (χ4v) is 3.15. The van der Waals surface area contributed by atoms with Crippen LogP contribution in [0, 0.1) is 0 Å². The Morgan fingerprint density at radius 3 is 2.52 bits per heavy atom. The number of aromatic nitrogens is 3. The topological polar surface area (TPSA) is 79.0 Å². The Bertz CT molecular complexity index is 936. The molecule has 0 aliphatic rings. The van der Waals surface area contributed by atoms with Crippen molar-refractivity contribution >= 4 is 27.3 Å². The van der Waals surface area contributed by atoms with Crippen LogP contribution in [0.15, 0.2) is 59.8 Å². The van der Waals surface area contributed by atoms with Gasteiger partial charge in [-0.15, -0.1) is 15.9 Å². The van der Waals surface area contributed by atoms with Gasteiger partial charge in [0.25, 0.3) is 0 Å². The van der Waals surface area contributed by atoms with E-state index < -0.39 is 10.0 Å². The van der Waals surface area contributed by atoms with E-state index in [4.69, 9.17) is 11.6 Å². The molecule has 0 fully saturated rings. The molecule has 0 spiro atoms. The number of halogens is 1. The molecule has 2 aromatic carbocycles. The van der Waals surface area contributed by atoms with E-state index in [1.54, 1.807) is 29.1 Å². The van der Waals surface area contributed by atoms with Gasteiger partial charge >= 0.3 is 0 Å². The van der Waals surface area contributed by atoms with Crippen molar-refractivity contribution in [2.75, 3.05) is 0 Å². The first kappa shape index (κ1) is 15.5. The minimum atomic E-state index is -3.80. The van der Waals surface area contributed by atoms with E-state index in [1.165, 1.54) is 24.3 Å². The number of hydrogen-bond donors (Lipinski definition) is 0. The summed E-state index contributed by atoms with van der Waals surface area (Å²) in [5.74, 6) is 0.631. The third-order valence-electron chi connectivity index (χ3n) is 3.15. The fourth-order valence-electron chi connectivity index (χ4n) is 2.04. The molecule has 118 valence electrons. The molecule has 0 bridgehead atoms. The van der Waals surface area contributed by atoms with Crippen LogP contribution in [0.5, 0.6) is 0 Å². The molecule has 23 heavy (non-hydrogen) atoms. The molecule has 0 aliphatic heterocycles. The van der Waals surface area contributed by atoms with Gasteiger partial charge in [-0.1, -0.05) is 35.9 Å². The van der Waals surface area contributed by atoms with Crippen molar-refractivity contribution in [3.8, 4) is 11.4 Å². The van der Waals surface area contributed by atoms with Crippen LogP contribution >= 0.6 is 11.6 Å². The summed E-state index contributed by atoms with van der Waals surface area (Å²) in [7, 11) is -1.99. The Balaban J connectivity index is 1.91. The summed E-state index contributed by atoms with van der Waals surface area (Å²) >= 11 is 5.77.